The molecule has 200 valence electrons. The summed E-state index contributed by atoms with van der Waals surface area (Å²) in [6.07, 6.45) is 5.52. The first-order valence-corrected chi connectivity index (χ1v) is 14.0. The largest absolute Gasteiger partial charge is 0.383 e. The molecule has 0 atom stereocenters. The van der Waals surface area contributed by atoms with Crippen LogP contribution in [0.3, 0.4) is 0 Å². The van der Waals surface area contributed by atoms with Crippen molar-refractivity contribution in [2.45, 2.75) is 46.6 Å². The van der Waals surface area contributed by atoms with E-state index in [0.717, 1.165) is 52.0 Å². The summed E-state index contributed by atoms with van der Waals surface area (Å²) in [7, 11) is 0. The quantitative estimate of drug-likeness (QED) is 0.263. The summed E-state index contributed by atoms with van der Waals surface area (Å²) in [5.41, 5.74) is 13.0. The van der Waals surface area contributed by atoms with Crippen LogP contribution >= 0.6 is 0 Å². The van der Waals surface area contributed by atoms with Crippen molar-refractivity contribution in [2.75, 3.05) is 18.8 Å². The van der Waals surface area contributed by atoms with Gasteiger partial charge in [-0.05, 0) is 73.8 Å². The zero-order valence-corrected chi connectivity index (χ0v) is 23.2. The fourth-order valence-electron chi connectivity index (χ4n) is 4.99. The number of fused-ring (bicyclic) bond motifs is 1. The lowest BCUT2D eigenvalue weighted by molar-refractivity contribution is 0.185. The number of likely N-dealkylation sites (tertiary alicyclic amines) is 1. The minimum absolute atomic E-state index is 0.452. The average Bonchev–Trinajstić information content (AvgIpc) is 3.34. The number of nitrogens with two attached hydrogens (primary N) is 1. The van der Waals surface area contributed by atoms with E-state index < -0.39 is 0 Å². The maximum Gasteiger partial charge on any atom is 0.165 e. The summed E-state index contributed by atoms with van der Waals surface area (Å²) in [6, 6.07) is 26.9. The van der Waals surface area contributed by atoms with E-state index in [4.69, 9.17) is 15.7 Å². The van der Waals surface area contributed by atoms with Crippen molar-refractivity contribution < 1.29 is 0 Å². The first kappa shape index (κ1) is 26.6. The number of nitrogens with zero attached hydrogens (tertiary/aromatic N) is 5. The van der Waals surface area contributed by atoms with Gasteiger partial charge in [-0.15, -0.1) is 0 Å². The Balaban J connectivity index is 0.000000983. The Kier molecular flexibility index (Phi) is 8.33. The summed E-state index contributed by atoms with van der Waals surface area (Å²) in [5.74, 6) is 2.03. The fourth-order valence-corrected chi connectivity index (χ4v) is 4.99. The third-order valence-electron chi connectivity index (χ3n) is 7.13. The van der Waals surface area contributed by atoms with Gasteiger partial charge in [0.2, 0.25) is 0 Å². The Hall–Kier alpha value is -4.03. The number of benzene rings is 2. The molecule has 0 radical (unpaired) electrons. The van der Waals surface area contributed by atoms with E-state index >= 15 is 0 Å². The van der Waals surface area contributed by atoms with Gasteiger partial charge in [-0.1, -0.05) is 69.7 Å². The number of piperidine rings is 1. The molecule has 2 N–H and O–H groups in total. The molecule has 6 heteroatoms. The normalized spacial score (nSPS) is 14.2. The molecule has 0 aliphatic carbocycles. The van der Waals surface area contributed by atoms with E-state index in [1.165, 1.54) is 37.9 Å². The van der Waals surface area contributed by atoms with Crippen molar-refractivity contribution in [3.63, 3.8) is 0 Å². The Morgan fingerprint density at radius 1 is 0.846 bits per heavy atom. The van der Waals surface area contributed by atoms with Gasteiger partial charge in [-0.2, -0.15) is 0 Å². The third kappa shape index (κ3) is 6.02. The molecule has 5 aromatic rings. The summed E-state index contributed by atoms with van der Waals surface area (Å²) >= 11 is 0. The van der Waals surface area contributed by atoms with Crippen LogP contribution in [0.1, 0.15) is 45.6 Å². The van der Waals surface area contributed by atoms with Gasteiger partial charge in [0, 0.05) is 24.0 Å². The molecule has 1 aliphatic heterocycles. The minimum atomic E-state index is 0.452. The molecule has 3 aromatic heterocycles. The molecule has 1 saturated heterocycles. The van der Waals surface area contributed by atoms with Crippen LogP contribution in [0.15, 0.2) is 85.1 Å². The van der Waals surface area contributed by atoms with Crippen LogP contribution in [0.2, 0.25) is 0 Å². The molecule has 39 heavy (non-hydrogen) atoms. The molecule has 0 amide bonds. The monoisotopic (exact) mass is 518 g/mol. The number of rotatable bonds is 5. The summed E-state index contributed by atoms with van der Waals surface area (Å²) < 4.78 is 2.10. The number of nitrogen functional groups attached to an aromatic ring is 1. The van der Waals surface area contributed by atoms with E-state index in [-0.39, 0.29) is 0 Å². The van der Waals surface area contributed by atoms with Gasteiger partial charge in [0.05, 0.1) is 11.3 Å². The van der Waals surface area contributed by atoms with Gasteiger partial charge in [0.25, 0.3) is 0 Å². The van der Waals surface area contributed by atoms with Crippen LogP contribution in [0.25, 0.3) is 39.5 Å². The number of hydrogen-bond acceptors (Lipinski definition) is 5. The highest BCUT2D eigenvalue weighted by Crippen LogP contribution is 2.32. The molecule has 2 aromatic carbocycles. The first-order chi connectivity index (χ1) is 19.1. The highest BCUT2D eigenvalue weighted by atomic mass is 15.1. The molecule has 6 nitrogen and oxygen atoms in total. The van der Waals surface area contributed by atoms with Gasteiger partial charge in [-0.25, -0.2) is 15.0 Å². The van der Waals surface area contributed by atoms with Gasteiger partial charge in [0.1, 0.15) is 11.3 Å². The standard InChI is InChI=1S/C30H30N6.C3H8/c1-21-15-18-35(19-16-21)20-22-9-11-24(12-10-22)36-29(25-8-5-17-32-28(25)31)34-27-14-13-26(33-30(27)36)23-6-3-2-4-7-23;1-3-2/h2-14,17,21H,15-16,18-20H2,1H3,(H2,31,32);3H2,1-2H3. The highest BCUT2D eigenvalue weighted by molar-refractivity contribution is 5.84. The second-order valence-corrected chi connectivity index (χ2v) is 10.4. The zero-order chi connectivity index (χ0) is 27.2. The van der Waals surface area contributed by atoms with Gasteiger partial charge < -0.3 is 5.73 Å². The Labute approximate surface area is 231 Å². The molecule has 0 unspecified atom stereocenters. The van der Waals surface area contributed by atoms with Crippen molar-refractivity contribution in [2.24, 2.45) is 5.92 Å². The lowest BCUT2D eigenvalue weighted by Crippen LogP contribution is -2.32. The van der Waals surface area contributed by atoms with Crippen LogP contribution in [-0.2, 0) is 6.54 Å². The SMILES string of the molecule is CC1CCN(Cc2ccc(-n3c(-c4cccnc4N)nc4ccc(-c5ccccc5)nc43)cc2)CC1.CCC. The molecule has 0 saturated carbocycles. The third-order valence-corrected chi connectivity index (χ3v) is 7.13. The number of aromatic nitrogens is 4. The van der Waals surface area contributed by atoms with Crippen LogP contribution < -0.4 is 5.73 Å². The van der Waals surface area contributed by atoms with E-state index in [9.17, 15) is 0 Å². The maximum atomic E-state index is 6.29. The van der Waals surface area contributed by atoms with Crippen molar-refractivity contribution in [3.8, 4) is 28.3 Å². The van der Waals surface area contributed by atoms with Crippen LogP contribution in [0, 0.1) is 5.92 Å². The predicted molar refractivity (Wildman–Crippen MR) is 162 cm³/mol. The molecular formula is C33H38N6. The number of anilines is 1. The molecule has 6 rings (SSSR count). The maximum absolute atomic E-state index is 6.29. The summed E-state index contributed by atoms with van der Waals surface area (Å²) in [4.78, 5) is 16.9. The first-order valence-electron chi connectivity index (χ1n) is 14.0. The zero-order valence-electron chi connectivity index (χ0n) is 23.2. The van der Waals surface area contributed by atoms with Crippen LogP contribution in [0.5, 0.6) is 0 Å². The van der Waals surface area contributed by atoms with E-state index in [0.29, 0.717) is 5.82 Å². The highest BCUT2D eigenvalue weighted by Gasteiger charge is 2.19. The van der Waals surface area contributed by atoms with Crippen molar-refractivity contribution in [1.29, 1.82) is 0 Å². The number of hydrogen-bond donors (Lipinski definition) is 1. The molecule has 1 aliphatic rings. The lowest BCUT2D eigenvalue weighted by Gasteiger charge is -2.30. The summed E-state index contributed by atoms with van der Waals surface area (Å²) in [6.45, 7) is 9.93. The molecule has 4 heterocycles. The van der Waals surface area contributed by atoms with E-state index in [1.807, 2.05) is 42.5 Å². The van der Waals surface area contributed by atoms with Crippen LogP contribution in [0.4, 0.5) is 5.82 Å². The second-order valence-electron chi connectivity index (χ2n) is 10.4. The predicted octanol–water partition coefficient (Wildman–Crippen LogP) is 7.38. The topological polar surface area (TPSA) is 72.9 Å². The Bertz CT molecular complexity index is 1500. The summed E-state index contributed by atoms with van der Waals surface area (Å²) in [5, 5.41) is 0. The number of imidazole rings is 1. The van der Waals surface area contributed by atoms with Crippen LogP contribution in [-0.4, -0.2) is 37.5 Å². The average molecular weight is 519 g/mol. The lowest BCUT2D eigenvalue weighted by atomic mass is 9.99. The van der Waals surface area contributed by atoms with Gasteiger partial charge in [-0.3, -0.25) is 9.47 Å². The second kappa shape index (κ2) is 12.2. The number of pyridine rings is 2. The minimum Gasteiger partial charge on any atom is -0.383 e. The molecule has 0 bridgehead atoms. The molecular weight excluding hydrogens is 480 g/mol. The van der Waals surface area contributed by atoms with Crippen molar-refractivity contribution in [1.82, 2.24) is 24.4 Å². The van der Waals surface area contributed by atoms with Crippen molar-refractivity contribution >= 4 is 17.0 Å². The van der Waals surface area contributed by atoms with Gasteiger partial charge in [0.15, 0.2) is 11.5 Å². The van der Waals surface area contributed by atoms with Gasteiger partial charge >= 0.3 is 0 Å². The Morgan fingerprint density at radius 2 is 1.56 bits per heavy atom. The van der Waals surface area contributed by atoms with E-state index in [2.05, 4.69) is 71.6 Å². The molecule has 1 fully saturated rings. The van der Waals surface area contributed by atoms with Crippen molar-refractivity contribution in [3.05, 3.63) is 90.6 Å². The van der Waals surface area contributed by atoms with E-state index in [1.54, 1.807) is 6.20 Å². The Morgan fingerprint density at radius 3 is 2.26 bits per heavy atom. The molecule has 0 spiro atoms. The fraction of sp³-hybridized carbons (Fsp3) is 0.303. The smallest absolute Gasteiger partial charge is 0.165 e.